The molecule has 0 spiro atoms. The maximum Gasteiger partial charge on any atom is 0.298 e. The van der Waals surface area contributed by atoms with Gasteiger partial charge in [0.25, 0.3) is 5.92 Å². The van der Waals surface area contributed by atoms with Gasteiger partial charge in [-0.2, -0.15) is 13.5 Å². The Kier molecular flexibility index (Phi) is 8.73. The number of rotatable bonds is 9. The number of sulfonamides is 1. The molecule has 1 aliphatic heterocycles. The minimum absolute atomic E-state index is 0.0702. The summed E-state index contributed by atoms with van der Waals surface area (Å²) in [4.78, 5) is 14.1. The van der Waals surface area contributed by atoms with Crippen molar-refractivity contribution < 1.29 is 26.7 Å². The lowest BCUT2D eigenvalue weighted by Gasteiger charge is -2.30. The van der Waals surface area contributed by atoms with Gasteiger partial charge in [0.1, 0.15) is 5.75 Å². The first-order valence-corrected chi connectivity index (χ1v) is 14.4. The predicted octanol–water partition coefficient (Wildman–Crippen LogP) is 4.30. The van der Waals surface area contributed by atoms with E-state index in [-0.39, 0.29) is 29.0 Å². The Labute approximate surface area is 221 Å². The summed E-state index contributed by atoms with van der Waals surface area (Å²) >= 11 is 5.83. The highest BCUT2D eigenvalue weighted by Crippen LogP contribution is 2.35. The zero-order valence-corrected chi connectivity index (χ0v) is 22.0. The zero-order valence-electron chi connectivity index (χ0n) is 20.4. The number of amides is 1. The summed E-state index contributed by atoms with van der Waals surface area (Å²) in [6.45, 7) is 0.787. The summed E-state index contributed by atoms with van der Waals surface area (Å²) in [5.74, 6) is -3.93. The second-order valence-electron chi connectivity index (χ2n) is 9.80. The lowest BCUT2D eigenvalue weighted by atomic mass is 9.90. The van der Waals surface area contributed by atoms with Gasteiger partial charge in [-0.05, 0) is 61.6 Å². The van der Waals surface area contributed by atoms with Gasteiger partial charge in [0.05, 0.1) is 11.5 Å². The van der Waals surface area contributed by atoms with Crippen LogP contribution >= 0.6 is 11.6 Å². The number of nitrogens with one attached hydrogen (secondary N) is 1. The number of likely N-dealkylation sites (tertiary alicyclic amines) is 1. The van der Waals surface area contributed by atoms with Gasteiger partial charge in [-0.1, -0.05) is 43.0 Å². The summed E-state index contributed by atoms with van der Waals surface area (Å²) in [5.41, 5.74) is 5.32. The predicted molar refractivity (Wildman–Crippen MR) is 137 cm³/mol. The van der Waals surface area contributed by atoms with Crippen LogP contribution in [0, 0.1) is 5.92 Å². The molecule has 1 saturated heterocycles. The van der Waals surface area contributed by atoms with Crippen LogP contribution in [0.5, 0.6) is 5.75 Å². The molecule has 3 N–H and O–H groups in total. The number of hydrogen-bond donors (Lipinski definition) is 2. The molecule has 4 rings (SSSR count). The number of nitrogens with two attached hydrogens (primary N) is 1. The summed E-state index contributed by atoms with van der Waals surface area (Å²) in [6.07, 6.45) is 6.26. The molecule has 7 nitrogen and oxygen atoms in total. The number of nitrogens with zero attached hydrogens (tertiary/aromatic N) is 1. The summed E-state index contributed by atoms with van der Waals surface area (Å²) in [7, 11) is -4.49. The van der Waals surface area contributed by atoms with Crippen molar-refractivity contribution in [1.29, 1.82) is 0 Å². The topological polar surface area (TPSA) is 102 Å². The van der Waals surface area contributed by atoms with Crippen LogP contribution in [0.4, 0.5) is 8.78 Å². The Morgan fingerprint density at radius 2 is 1.73 bits per heavy atom. The van der Waals surface area contributed by atoms with E-state index in [4.69, 9.17) is 22.1 Å². The highest BCUT2D eigenvalue weighted by atomic mass is 35.5. The van der Waals surface area contributed by atoms with Crippen molar-refractivity contribution in [3.8, 4) is 5.75 Å². The molecule has 1 aliphatic carbocycles. The lowest BCUT2D eigenvalue weighted by molar-refractivity contribution is -0.143. The third-order valence-corrected chi connectivity index (χ3v) is 8.68. The van der Waals surface area contributed by atoms with E-state index < -0.39 is 33.5 Å². The molecule has 0 aromatic heterocycles. The maximum atomic E-state index is 15.7. The third kappa shape index (κ3) is 6.79. The molecule has 1 heterocycles. The first-order valence-electron chi connectivity index (χ1n) is 12.5. The van der Waals surface area contributed by atoms with Crippen LogP contribution in [-0.4, -0.2) is 51.0 Å². The quantitative estimate of drug-likeness (QED) is 0.480. The molecule has 0 bridgehead atoms. The van der Waals surface area contributed by atoms with E-state index in [1.807, 2.05) is 4.72 Å². The van der Waals surface area contributed by atoms with E-state index in [1.54, 1.807) is 0 Å². The van der Waals surface area contributed by atoms with Crippen molar-refractivity contribution in [2.75, 3.05) is 19.7 Å². The molecule has 2 fully saturated rings. The largest absolute Gasteiger partial charge is 0.493 e. The summed E-state index contributed by atoms with van der Waals surface area (Å²) in [5, 5.41) is 0.235. The van der Waals surface area contributed by atoms with Crippen LogP contribution in [0.1, 0.15) is 44.1 Å². The molecule has 1 saturated carbocycles. The molecule has 202 valence electrons. The highest BCUT2D eigenvalue weighted by molar-refractivity contribution is 7.89. The minimum Gasteiger partial charge on any atom is -0.493 e. The van der Waals surface area contributed by atoms with Gasteiger partial charge >= 0.3 is 0 Å². The minimum atomic E-state index is -4.49. The van der Waals surface area contributed by atoms with Crippen LogP contribution in [0.2, 0.25) is 5.02 Å². The molecule has 2 aromatic carbocycles. The SMILES string of the molecule is N[C@H]1CCN(C(=O)[C@@H](NS(=O)(=O)c2ccc(OCC3CCCCC3)cc2)C(F)(F)c2ccc(Cl)cc2)C1. The fourth-order valence-electron chi connectivity index (χ4n) is 4.79. The molecule has 2 aromatic rings. The monoisotopic (exact) mass is 555 g/mol. The number of carbonyl (C=O) groups is 1. The molecular weight excluding hydrogens is 524 g/mol. The summed E-state index contributed by atoms with van der Waals surface area (Å²) < 4.78 is 65.5. The van der Waals surface area contributed by atoms with E-state index in [2.05, 4.69) is 0 Å². The fraction of sp³-hybridized carbons (Fsp3) is 0.500. The first-order chi connectivity index (χ1) is 17.6. The second kappa shape index (κ2) is 11.6. The number of carbonyl (C=O) groups excluding carboxylic acids is 1. The first kappa shape index (κ1) is 27.8. The van der Waals surface area contributed by atoms with Crippen LogP contribution < -0.4 is 15.2 Å². The summed E-state index contributed by atoms with van der Waals surface area (Å²) in [6, 6.07) is 7.50. The van der Waals surface area contributed by atoms with E-state index in [0.717, 1.165) is 25.0 Å². The Morgan fingerprint density at radius 1 is 1.08 bits per heavy atom. The van der Waals surface area contributed by atoms with Crippen molar-refractivity contribution in [3.05, 3.63) is 59.1 Å². The number of halogens is 3. The third-order valence-electron chi connectivity index (χ3n) is 6.99. The Bertz CT molecular complexity index is 1170. The van der Waals surface area contributed by atoms with Crippen molar-refractivity contribution in [2.45, 2.75) is 61.4 Å². The number of alkyl halides is 2. The van der Waals surface area contributed by atoms with Crippen molar-refractivity contribution in [2.24, 2.45) is 11.7 Å². The Balaban J connectivity index is 1.54. The van der Waals surface area contributed by atoms with Crippen molar-refractivity contribution >= 4 is 27.5 Å². The molecule has 2 aliphatic rings. The van der Waals surface area contributed by atoms with Gasteiger partial charge in [0, 0.05) is 29.7 Å². The van der Waals surface area contributed by atoms with Gasteiger partial charge in [-0.3, -0.25) is 4.79 Å². The van der Waals surface area contributed by atoms with Gasteiger partial charge < -0.3 is 15.4 Å². The molecule has 2 atom stereocenters. The average Bonchev–Trinajstić information content (AvgIpc) is 3.33. The molecular formula is C26H32ClF2N3O4S. The highest BCUT2D eigenvalue weighted by Gasteiger charge is 2.50. The molecule has 37 heavy (non-hydrogen) atoms. The Hall–Kier alpha value is -2.27. The lowest BCUT2D eigenvalue weighted by Crippen LogP contribution is -2.56. The van der Waals surface area contributed by atoms with Crippen LogP contribution in [0.25, 0.3) is 0 Å². The van der Waals surface area contributed by atoms with Gasteiger partial charge in [0.15, 0.2) is 6.04 Å². The van der Waals surface area contributed by atoms with Crippen molar-refractivity contribution in [1.82, 2.24) is 9.62 Å². The molecule has 0 unspecified atom stereocenters. The second-order valence-corrected chi connectivity index (χ2v) is 12.0. The Morgan fingerprint density at radius 3 is 2.32 bits per heavy atom. The maximum absolute atomic E-state index is 15.7. The molecule has 11 heteroatoms. The van der Waals surface area contributed by atoms with Gasteiger partial charge in [0.2, 0.25) is 15.9 Å². The van der Waals surface area contributed by atoms with Gasteiger partial charge in [-0.15, -0.1) is 0 Å². The average molecular weight is 556 g/mol. The van der Waals surface area contributed by atoms with Gasteiger partial charge in [-0.25, -0.2) is 8.42 Å². The number of hydrogen-bond acceptors (Lipinski definition) is 5. The van der Waals surface area contributed by atoms with E-state index in [1.165, 1.54) is 60.6 Å². The molecule has 0 radical (unpaired) electrons. The van der Waals surface area contributed by atoms with E-state index >= 15 is 8.78 Å². The van der Waals surface area contributed by atoms with Crippen LogP contribution in [-0.2, 0) is 20.7 Å². The van der Waals surface area contributed by atoms with E-state index in [9.17, 15) is 13.2 Å². The van der Waals surface area contributed by atoms with E-state index in [0.29, 0.717) is 24.7 Å². The smallest absolute Gasteiger partial charge is 0.298 e. The zero-order chi connectivity index (χ0) is 26.6. The standard InChI is InChI=1S/C26H32ClF2N3O4S/c27-20-8-6-19(7-9-20)26(28,29)24(25(33)32-15-14-21(30)16-32)31-37(34,35)23-12-10-22(11-13-23)36-17-18-4-2-1-3-5-18/h6-13,18,21,24,31H,1-5,14-17,30H2/t21-,24+/m0/s1. The fourth-order valence-corrected chi connectivity index (χ4v) is 6.11. The number of ether oxygens (including phenoxy) is 1. The normalized spacial score (nSPS) is 20.1. The van der Waals surface area contributed by atoms with Crippen LogP contribution in [0.15, 0.2) is 53.4 Å². The van der Waals surface area contributed by atoms with Crippen molar-refractivity contribution in [3.63, 3.8) is 0 Å². The van der Waals surface area contributed by atoms with Crippen LogP contribution in [0.3, 0.4) is 0 Å². The molecule has 1 amide bonds. The number of benzene rings is 2.